The van der Waals surface area contributed by atoms with Crippen molar-refractivity contribution in [2.45, 2.75) is 77.4 Å². The molecule has 2 fully saturated rings. The summed E-state index contributed by atoms with van der Waals surface area (Å²) in [5, 5.41) is 9.41. The average Bonchev–Trinajstić information content (AvgIpc) is 2.82. The maximum absolute atomic E-state index is 12.3. The molecular weight excluding hydrogens is 282 g/mol. The van der Waals surface area contributed by atoms with Gasteiger partial charge in [0.05, 0.1) is 0 Å². The zero-order valence-corrected chi connectivity index (χ0v) is 14.0. The van der Waals surface area contributed by atoms with E-state index in [1.807, 2.05) is 0 Å². The third kappa shape index (κ3) is 4.62. The van der Waals surface area contributed by atoms with Crippen molar-refractivity contribution in [1.29, 1.82) is 0 Å². The second kappa shape index (κ2) is 6.88. The van der Waals surface area contributed by atoms with Gasteiger partial charge in [0.2, 0.25) is 0 Å². The fraction of sp³-hybridized carbons (Fsp3) is 0.882. The summed E-state index contributed by atoms with van der Waals surface area (Å²) in [4.78, 5) is 25.1. The predicted molar refractivity (Wildman–Crippen MR) is 83.7 cm³/mol. The number of hydrogen-bond donors (Lipinski definition) is 1. The number of ether oxygens (including phenoxy) is 1. The number of likely N-dealkylation sites (tertiary alicyclic amines) is 1. The molecule has 2 aliphatic rings. The Kier molecular flexibility index (Phi) is 5.35. The van der Waals surface area contributed by atoms with Crippen molar-refractivity contribution in [3.8, 4) is 0 Å². The van der Waals surface area contributed by atoms with Crippen LogP contribution in [0.5, 0.6) is 0 Å². The molecule has 2 unspecified atom stereocenters. The molecule has 0 radical (unpaired) electrons. The van der Waals surface area contributed by atoms with Gasteiger partial charge in [-0.15, -0.1) is 0 Å². The number of rotatable bonds is 3. The first-order valence-corrected chi connectivity index (χ1v) is 8.48. The topological polar surface area (TPSA) is 66.8 Å². The van der Waals surface area contributed by atoms with E-state index in [9.17, 15) is 14.7 Å². The van der Waals surface area contributed by atoms with Crippen molar-refractivity contribution in [2.75, 3.05) is 6.54 Å². The van der Waals surface area contributed by atoms with Crippen LogP contribution in [0.1, 0.15) is 65.7 Å². The number of nitrogens with zero attached hydrogens (tertiary/aromatic N) is 1. The van der Waals surface area contributed by atoms with E-state index in [1.54, 1.807) is 20.8 Å². The van der Waals surface area contributed by atoms with Crippen molar-refractivity contribution < 1.29 is 19.4 Å². The highest BCUT2D eigenvalue weighted by molar-refractivity contribution is 5.81. The molecule has 126 valence electrons. The van der Waals surface area contributed by atoms with Gasteiger partial charge in [0, 0.05) is 6.54 Å². The van der Waals surface area contributed by atoms with Gasteiger partial charge in [0.1, 0.15) is 11.6 Å². The fourth-order valence-corrected chi connectivity index (χ4v) is 3.74. The van der Waals surface area contributed by atoms with Crippen LogP contribution in [0.2, 0.25) is 0 Å². The van der Waals surface area contributed by atoms with Gasteiger partial charge in [-0.3, -0.25) is 4.90 Å². The molecule has 2 rings (SSSR count). The summed E-state index contributed by atoms with van der Waals surface area (Å²) in [6.45, 7) is 5.92. The fourth-order valence-electron chi connectivity index (χ4n) is 3.74. The van der Waals surface area contributed by atoms with Crippen molar-refractivity contribution >= 4 is 12.1 Å². The number of aliphatic carboxylic acids is 1. The van der Waals surface area contributed by atoms with Gasteiger partial charge in [-0.05, 0) is 45.4 Å². The van der Waals surface area contributed by atoms with Crippen LogP contribution in [-0.2, 0) is 9.53 Å². The van der Waals surface area contributed by atoms with E-state index in [2.05, 4.69) is 0 Å². The van der Waals surface area contributed by atoms with E-state index in [0.717, 1.165) is 6.42 Å². The molecule has 0 aromatic heterocycles. The Bertz CT molecular complexity index is 409. The minimum atomic E-state index is -0.919. The van der Waals surface area contributed by atoms with Crippen LogP contribution < -0.4 is 0 Å². The normalized spacial score (nSPS) is 27.0. The van der Waals surface area contributed by atoms with Crippen molar-refractivity contribution in [1.82, 2.24) is 4.90 Å². The molecule has 1 aliphatic carbocycles. The zero-order valence-electron chi connectivity index (χ0n) is 14.0. The van der Waals surface area contributed by atoms with Gasteiger partial charge in [0.25, 0.3) is 0 Å². The van der Waals surface area contributed by atoms with Gasteiger partial charge in [-0.25, -0.2) is 9.59 Å². The average molecular weight is 311 g/mol. The van der Waals surface area contributed by atoms with Gasteiger partial charge in [-0.1, -0.05) is 32.1 Å². The molecular formula is C17H29NO4. The van der Waals surface area contributed by atoms with E-state index in [0.29, 0.717) is 18.9 Å². The quantitative estimate of drug-likeness (QED) is 0.863. The summed E-state index contributed by atoms with van der Waals surface area (Å²) in [5.41, 5.74) is -0.596. The zero-order chi connectivity index (χ0) is 16.3. The predicted octanol–water partition coefficient (Wildman–Crippen LogP) is 3.67. The van der Waals surface area contributed by atoms with E-state index in [1.165, 1.54) is 37.0 Å². The largest absolute Gasteiger partial charge is 0.480 e. The lowest BCUT2D eigenvalue weighted by Crippen LogP contribution is -2.43. The Morgan fingerprint density at radius 3 is 2.32 bits per heavy atom. The molecule has 1 aliphatic heterocycles. The lowest BCUT2D eigenvalue weighted by Gasteiger charge is -2.27. The number of carbonyl (C=O) groups excluding carboxylic acids is 1. The van der Waals surface area contributed by atoms with Crippen molar-refractivity contribution in [3.05, 3.63) is 0 Å². The molecule has 5 heteroatoms. The van der Waals surface area contributed by atoms with Crippen LogP contribution in [0.3, 0.4) is 0 Å². The summed E-state index contributed by atoms with van der Waals surface area (Å²) in [6.07, 6.45) is 7.51. The molecule has 0 aromatic rings. The Hall–Kier alpha value is -1.26. The first-order valence-electron chi connectivity index (χ1n) is 8.48. The molecule has 1 N–H and O–H groups in total. The first-order chi connectivity index (χ1) is 10.3. The second-order valence-electron chi connectivity index (χ2n) is 7.83. The van der Waals surface area contributed by atoms with E-state index >= 15 is 0 Å². The van der Waals surface area contributed by atoms with Gasteiger partial charge in [-0.2, -0.15) is 0 Å². The highest BCUT2D eigenvalue weighted by atomic mass is 16.6. The van der Waals surface area contributed by atoms with Crippen LogP contribution in [0.4, 0.5) is 4.79 Å². The molecule has 5 nitrogen and oxygen atoms in total. The number of carboxylic acids is 1. The molecule has 0 spiro atoms. The monoisotopic (exact) mass is 311 g/mol. The smallest absolute Gasteiger partial charge is 0.411 e. The Morgan fingerprint density at radius 1 is 1.14 bits per heavy atom. The molecule has 1 heterocycles. The van der Waals surface area contributed by atoms with E-state index in [4.69, 9.17) is 4.74 Å². The molecule has 22 heavy (non-hydrogen) atoms. The lowest BCUT2D eigenvalue weighted by atomic mass is 9.82. The SMILES string of the molecule is CC(C)(C)OC(=O)N1CC(CC2CCCCC2)CC1C(=O)O. The van der Waals surface area contributed by atoms with Crippen molar-refractivity contribution in [2.24, 2.45) is 11.8 Å². The first kappa shape index (κ1) is 17.1. The second-order valence-corrected chi connectivity index (χ2v) is 7.83. The van der Waals surface area contributed by atoms with Gasteiger partial charge < -0.3 is 9.84 Å². The van der Waals surface area contributed by atoms with E-state index < -0.39 is 23.7 Å². The van der Waals surface area contributed by atoms with Crippen LogP contribution in [0, 0.1) is 11.8 Å². The Labute approximate surface area is 133 Å². The molecule has 2 atom stereocenters. The number of hydrogen-bond acceptors (Lipinski definition) is 3. The third-order valence-electron chi connectivity index (χ3n) is 4.69. The van der Waals surface area contributed by atoms with E-state index in [-0.39, 0.29) is 5.92 Å². The minimum absolute atomic E-state index is 0.289. The minimum Gasteiger partial charge on any atom is -0.480 e. The summed E-state index contributed by atoms with van der Waals surface area (Å²) < 4.78 is 5.36. The van der Waals surface area contributed by atoms with Gasteiger partial charge >= 0.3 is 12.1 Å². The molecule has 0 bridgehead atoms. The maximum Gasteiger partial charge on any atom is 0.411 e. The van der Waals surface area contributed by atoms with Crippen molar-refractivity contribution in [3.63, 3.8) is 0 Å². The Balaban J connectivity index is 1.96. The van der Waals surface area contributed by atoms with Crippen LogP contribution in [-0.4, -0.2) is 40.3 Å². The summed E-state index contributed by atoms with van der Waals surface area (Å²) in [5.74, 6) is 0.0699. The molecule has 1 amide bonds. The maximum atomic E-state index is 12.3. The van der Waals surface area contributed by atoms with Crippen LogP contribution >= 0.6 is 0 Å². The molecule has 0 aromatic carbocycles. The summed E-state index contributed by atoms with van der Waals surface area (Å²) in [7, 11) is 0. The number of carbonyl (C=O) groups is 2. The highest BCUT2D eigenvalue weighted by Gasteiger charge is 2.42. The van der Waals surface area contributed by atoms with Gasteiger partial charge in [0.15, 0.2) is 0 Å². The highest BCUT2D eigenvalue weighted by Crippen LogP contribution is 2.35. The summed E-state index contributed by atoms with van der Waals surface area (Å²) >= 11 is 0. The number of amides is 1. The Morgan fingerprint density at radius 2 is 1.77 bits per heavy atom. The molecule has 1 saturated carbocycles. The molecule has 1 saturated heterocycles. The third-order valence-corrected chi connectivity index (χ3v) is 4.69. The number of carboxylic acid groups (broad SMARTS) is 1. The van der Waals surface area contributed by atoms with Crippen LogP contribution in [0.25, 0.3) is 0 Å². The van der Waals surface area contributed by atoms with Crippen LogP contribution in [0.15, 0.2) is 0 Å². The standard InChI is InChI=1S/C17H29NO4/c1-17(2,3)22-16(21)18-11-13(10-14(18)15(19)20)9-12-7-5-4-6-8-12/h12-14H,4-11H2,1-3H3,(H,19,20). The summed E-state index contributed by atoms with van der Waals surface area (Å²) in [6, 6.07) is -0.733. The lowest BCUT2D eigenvalue weighted by molar-refractivity contribution is -0.142.